The van der Waals surface area contributed by atoms with Crippen LogP contribution in [0.3, 0.4) is 0 Å². The summed E-state index contributed by atoms with van der Waals surface area (Å²) in [6.07, 6.45) is 9.82. The molecule has 12 atom stereocenters. The van der Waals surface area contributed by atoms with E-state index in [9.17, 15) is 53.1 Å². The lowest BCUT2D eigenvalue weighted by Crippen LogP contribution is -2.55. The van der Waals surface area contributed by atoms with Gasteiger partial charge in [-0.05, 0) is 80.1 Å². The number of rotatable bonds is 37. The molecule has 1 aromatic carbocycles. The zero-order chi connectivity index (χ0) is 64.5. The normalized spacial score (nSPS) is 19.7. The van der Waals surface area contributed by atoms with Crippen LogP contribution in [0, 0.1) is 23.7 Å². The number of ether oxygens (including phenoxy) is 3. The predicted molar refractivity (Wildman–Crippen MR) is 332 cm³/mol. The number of hydrogen-bond acceptors (Lipinski definition) is 15. The Morgan fingerprint density at radius 1 is 0.828 bits per heavy atom. The minimum Gasteiger partial charge on any atom is -0.445 e. The maximum Gasteiger partial charge on any atom is 0.408 e. The highest BCUT2D eigenvalue weighted by molar-refractivity contribution is 8.01. The molecule has 0 bridgehead atoms. The first-order valence-electron chi connectivity index (χ1n) is 31.0. The summed E-state index contributed by atoms with van der Waals surface area (Å²) >= 11 is 1.57. The van der Waals surface area contributed by atoms with E-state index in [4.69, 9.17) is 14.2 Å². The highest BCUT2D eigenvalue weighted by Gasteiger charge is 2.43. The number of likely N-dealkylation sites (N-methyl/N-ethyl adjacent to an activating group) is 1. The molecule has 0 radical (unpaired) electrons. The van der Waals surface area contributed by atoms with Gasteiger partial charge in [-0.15, -0.1) is 11.8 Å². The van der Waals surface area contributed by atoms with Crippen LogP contribution in [0.1, 0.15) is 145 Å². The molecule has 23 nitrogen and oxygen atoms in total. The standard InChI is InChI=1S/C63H99N9O14S/c1-13-15-20-41(7)87-49-33-54(77)72(62(49)82)29-18-16-17-22-50(73)64-34-51(74)65-35-52(75)68-46-27-24-44(25-28-46)37-86-63(83)69-56(38(3)4)61(81)66-36-55(78)70(10)57(40(6)14-2)48(84-11)32-53(76)71-30-19-21-47(71)59(85-12)42(8)60(80)67-43(9)58(79)45-26-23-39(5)31-45/h23-28,31,38-43,47-49,56-59,79H,13-22,29-30,32-37H2,1-12H3,(H,64,73)(H,65,74)(H,66,81)(H,67,80)(H,68,75)(H,69,83)/t39?,40-,41?,42-,43-,47-,48+,49?,56?,57-,58-,59+/m0/s1. The summed E-state index contributed by atoms with van der Waals surface area (Å²) in [7, 11) is 4.61. The van der Waals surface area contributed by atoms with E-state index in [1.807, 2.05) is 39.0 Å². The Morgan fingerprint density at radius 2 is 1.52 bits per heavy atom. The van der Waals surface area contributed by atoms with Gasteiger partial charge in [-0.25, -0.2) is 4.79 Å². The summed E-state index contributed by atoms with van der Waals surface area (Å²) in [5.74, 6) is -4.30. The van der Waals surface area contributed by atoms with Crippen LogP contribution >= 0.6 is 11.8 Å². The third kappa shape index (κ3) is 22.9. The molecule has 2 aliphatic heterocycles. The molecule has 4 rings (SSSR count). The van der Waals surface area contributed by atoms with Gasteiger partial charge in [0.1, 0.15) is 12.6 Å². The summed E-state index contributed by atoms with van der Waals surface area (Å²) in [5, 5.41) is 26.7. The molecular weight excluding hydrogens is 1140 g/mol. The lowest BCUT2D eigenvalue weighted by atomic mass is 9.90. The summed E-state index contributed by atoms with van der Waals surface area (Å²) in [6, 6.07) is 3.77. The molecule has 0 saturated carbocycles. The van der Waals surface area contributed by atoms with Gasteiger partial charge < -0.3 is 61.0 Å². The van der Waals surface area contributed by atoms with Crippen LogP contribution in [0.15, 0.2) is 48.1 Å². The van der Waals surface area contributed by atoms with Crippen molar-refractivity contribution in [2.45, 2.75) is 199 Å². The van der Waals surface area contributed by atoms with Crippen molar-refractivity contribution in [3.8, 4) is 0 Å². The van der Waals surface area contributed by atoms with Crippen molar-refractivity contribution >= 4 is 76.7 Å². The molecule has 0 spiro atoms. The van der Waals surface area contributed by atoms with Crippen LogP contribution in [0.5, 0.6) is 0 Å². The van der Waals surface area contributed by atoms with E-state index in [1.165, 1.54) is 24.0 Å². The molecule has 2 fully saturated rings. The number of carbonyl (C=O) groups is 10. The van der Waals surface area contributed by atoms with E-state index >= 15 is 0 Å². The maximum absolute atomic E-state index is 14.2. The van der Waals surface area contributed by atoms with E-state index < -0.39 is 90.6 Å². The lowest BCUT2D eigenvalue weighted by Gasteiger charge is -2.39. The van der Waals surface area contributed by atoms with Crippen molar-refractivity contribution in [3.63, 3.8) is 0 Å². The fourth-order valence-electron chi connectivity index (χ4n) is 11.1. The molecule has 0 aromatic heterocycles. The predicted octanol–water partition coefficient (Wildman–Crippen LogP) is 5.14. The molecular formula is C63H99N9O14S. The summed E-state index contributed by atoms with van der Waals surface area (Å²) in [5.41, 5.74) is 1.71. The SMILES string of the molecule is CCCCC(C)SC1CC(=O)N(CCCCCC(=O)NCC(=O)NCC(=O)Nc2ccc(COC(=O)NC(C(=O)NCC(=O)N(C)[C@@H]([C@@H](C)CC)[C@@H](CC(=O)N3CCC[C@H]3[C@H](OC)[C@H](C)C(=O)N[C@@H](C)[C@H](O)C3=CC(C)C=C3)OC)C(C)C)cc2)C1=O. The number of alkyl carbamates (subject to hydrolysis) is 1. The van der Waals surface area contributed by atoms with Gasteiger partial charge >= 0.3 is 6.09 Å². The Kier molecular flexibility index (Phi) is 30.9. The smallest absolute Gasteiger partial charge is 0.408 e. The third-order valence-corrected chi connectivity index (χ3v) is 17.9. The second kappa shape index (κ2) is 36.8. The van der Waals surface area contributed by atoms with Gasteiger partial charge in [-0.2, -0.15) is 0 Å². The number of imide groups is 1. The first-order chi connectivity index (χ1) is 41.3. The Labute approximate surface area is 518 Å². The highest BCUT2D eigenvalue weighted by Crippen LogP contribution is 2.32. The topological polar surface area (TPSA) is 301 Å². The number of amides is 10. The van der Waals surface area contributed by atoms with Crippen molar-refractivity contribution in [2.75, 3.05) is 59.3 Å². The van der Waals surface area contributed by atoms with Crippen molar-refractivity contribution in [1.82, 2.24) is 41.3 Å². The number of aliphatic hydroxyl groups is 1. The number of unbranched alkanes of at least 4 members (excludes halogenated alkanes) is 3. The lowest BCUT2D eigenvalue weighted by molar-refractivity contribution is -0.146. The molecule has 1 aliphatic carbocycles. The molecule has 3 aliphatic rings. The van der Waals surface area contributed by atoms with E-state index in [0.717, 1.165) is 24.8 Å². The molecule has 2 heterocycles. The van der Waals surface area contributed by atoms with Gasteiger partial charge in [-0.1, -0.05) is 111 Å². The van der Waals surface area contributed by atoms with Gasteiger partial charge in [-0.3, -0.25) is 48.1 Å². The first-order valence-corrected chi connectivity index (χ1v) is 31.9. The third-order valence-electron chi connectivity index (χ3n) is 16.5. The number of likely N-dealkylation sites (tertiary alicyclic amines) is 2. The van der Waals surface area contributed by atoms with E-state index in [2.05, 4.69) is 45.7 Å². The van der Waals surface area contributed by atoms with Crippen molar-refractivity contribution in [1.29, 1.82) is 0 Å². The Balaban J connectivity index is 1.16. The minimum absolute atomic E-state index is 0.0671. The van der Waals surface area contributed by atoms with Crippen LogP contribution in [-0.4, -0.2) is 186 Å². The number of nitrogens with one attached hydrogen (secondary N) is 6. The minimum atomic E-state index is -1.07. The number of benzene rings is 1. The molecule has 1 aromatic rings. The molecule has 24 heteroatoms. The fraction of sp³-hybridized carbons (Fsp3) is 0.683. The Bertz CT molecular complexity index is 2550. The van der Waals surface area contributed by atoms with Gasteiger partial charge in [0.25, 0.3) is 0 Å². The fourth-order valence-corrected chi connectivity index (χ4v) is 12.5. The number of hydrogen-bond donors (Lipinski definition) is 7. The maximum atomic E-state index is 14.2. The zero-order valence-electron chi connectivity index (χ0n) is 53.3. The Morgan fingerprint density at radius 3 is 2.15 bits per heavy atom. The number of nitrogens with zero attached hydrogens (tertiary/aromatic N) is 3. The van der Waals surface area contributed by atoms with Gasteiger partial charge in [0, 0.05) is 58.1 Å². The summed E-state index contributed by atoms with van der Waals surface area (Å²) in [6.45, 7) is 16.6. The first kappa shape index (κ1) is 73.1. The van der Waals surface area contributed by atoms with Gasteiger partial charge in [0.05, 0.1) is 73.7 Å². The molecule has 4 unspecified atom stereocenters. The zero-order valence-corrected chi connectivity index (χ0v) is 54.1. The molecule has 10 amide bonds. The van der Waals surface area contributed by atoms with E-state index in [1.54, 1.807) is 75.7 Å². The van der Waals surface area contributed by atoms with Gasteiger partial charge in [0.15, 0.2) is 0 Å². The second-order valence-electron chi connectivity index (χ2n) is 23.7. The number of aliphatic hydroxyl groups excluding tert-OH is 1. The quantitative estimate of drug-likeness (QED) is 0.0335. The molecule has 87 heavy (non-hydrogen) atoms. The number of anilines is 1. The average molecular weight is 1240 g/mol. The van der Waals surface area contributed by atoms with Crippen molar-refractivity contribution in [3.05, 3.63) is 53.6 Å². The Hall–Kier alpha value is -6.37. The second-order valence-corrected chi connectivity index (χ2v) is 25.4. The highest BCUT2D eigenvalue weighted by atomic mass is 32.2. The van der Waals surface area contributed by atoms with Crippen molar-refractivity contribution in [2.24, 2.45) is 23.7 Å². The molecule has 7 N–H and O–H groups in total. The number of allylic oxidation sites excluding steroid dienone is 2. The summed E-state index contributed by atoms with van der Waals surface area (Å²) in [4.78, 5) is 136. The number of methoxy groups -OCH3 is 2. The number of carbonyl (C=O) groups excluding carboxylic acids is 10. The number of thioether (sulfide) groups is 1. The monoisotopic (exact) mass is 1240 g/mol. The van der Waals surface area contributed by atoms with Crippen LogP contribution in [0.4, 0.5) is 10.5 Å². The molecule has 486 valence electrons. The van der Waals surface area contributed by atoms with Crippen LogP contribution < -0.4 is 31.9 Å². The molecule has 2 saturated heterocycles. The average Bonchev–Trinajstić information content (AvgIpc) is 4.46. The van der Waals surface area contributed by atoms with Gasteiger partial charge in [0.2, 0.25) is 53.2 Å². The summed E-state index contributed by atoms with van der Waals surface area (Å²) < 4.78 is 17.3. The van der Waals surface area contributed by atoms with E-state index in [-0.39, 0.29) is 85.6 Å². The van der Waals surface area contributed by atoms with Crippen molar-refractivity contribution < 1.29 is 67.3 Å². The van der Waals surface area contributed by atoms with Crippen LogP contribution in [-0.2, 0) is 64.0 Å². The van der Waals surface area contributed by atoms with Crippen LogP contribution in [0.2, 0.25) is 0 Å². The van der Waals surface area contributed by atoms with Crippen LogP contribution in [0.25, 0.3) is 0 Å². The largest absolute Gasteiger partial charge is 0.445 e. The van der Waals surface area contributed by atoms with E-state index in [0.29, 0.717) is 68.1 Å².